The molecule has 0 radical (unpaired) electrons. The molecular weight excluding hydrogens is 579 g/mol. The third-order valence-corrected chi connectivity index (χ3v) is 9.30. The minimum Gasteiger partial charge on any atom is -0.462 e. The number of benzene rings is 3. The zero-order valence-electron chi connectivity index (χ0n) is 23.4. The van der Waals surface area contributed by atoms with Crippen molar-refractivity contribution in [1.82, 2.24) is 19.8 Å². The van der Waals surface area contributed by atoms with Crippen LogP contribution >= 0.6 is 11.6 Å². The molecule has 222 valence electrons. The Kier molecular flexibility index (Phi) is 6.93. The van der Waals surface area contributed by atoms with E-state index in [2.05, 4.69) is 11.6 Å². The second-order valence-electron chi connectivity index (χ2n) is 11.5. The minimum atomic E-state index is -0.988. The molecule has 0 aliphatic carbocycles. The van der Waals surface area contributed by atoms with Crippen LogP contribution in [0.25, 0.3) is 32.8 Å². The maximum atomic E-state index is 16.0. The van der Waals surface area contributed by atoms with Gasteiger partial charge in [-0.25, -0.2) is 13.2 Å². The third-order valence-electron chi connectivity index (χ3n) is 8.99. The van der Waals surface area contributed by atoms with Crippen molar-refractivity contribution in [2.75, 3.05) is 38.2 Å². The number of amides is 1. The van der Waals surface area contributed by atoms with Crippen LogP contribution < -0.4 is 9.64 Å². The second kappa shape index (κ2) is 10.7. The highest BCUT2D eigenvalue weighted by molar-refractivity contribution is 6.36. The summed E-state index contributed by atoms with van der Waals surface area (Å²) in [4.78, 5) is 27.1. The van der Waals surface area contributed by atoms with Crippen LogP contribution in [0.2, 0.25) is 5.02 Å². The first-order chi connectivity index (χ1) is 20.7. The lowest BCUT2D eigenvalue weighted by Gasteiger charge is -2.47. The van der Waals surface area contributed by atoms with E-state index in [4.69, 9.17) is 21.3 Å². The highest BCUT2D eigenvalue weighted by atomic mass is 35.5. The molecule has 7 nitrogen and oxygen atoms in total. The van der Waals surface area contributed by atoms with Crippen molar-refractivity contribution in [3.63, 3.8) is 0 Å². The normalized spacial score (nSPS) is 23.6. The molecule has 0 bridgehead atoms. The van der Waals surface area contributed by atoms with Gasteiger partial charge < -0.3 is 14.5 Å². The van der Waals surface area contributed by atoms with Gasteiger partial charge in [-0.05, 0) is 49.0 Å². The van der Waals surface area contributed by atoms with Crippen molar-refractivity contribution in [2.24, 2.45) is 0 Å². The maximum Gasteiger partial charge on any atom is 0.319 e. The molecule has 3 saturated heterocycles. The molecule has 1 unspecified atom stereocenters. The van der Waals surface area contributed by atoms with Gasteiger partial charge in [0.25, 0.3) is 5.91 Å². The van der Waals surface area contributed by atoms with E-state index >= 15 is 4.39 Å². The van der Waals surface area contributed by atoms with Crippen LogP contribution in [0.15, 0.2) is 60.9 Å². The van der Waals surface area contributed by atoms with Gasteiger partial charge >= 0.3 is 6.01 Å². The van der Waals surface area contributed by atoms with Crippen LogP contribution in [0.4, 0.5) is 19.0 Å². The van der Waals surface area contributed by atoms with Crippen LogP contribution in [-0.4, -0.2) is 83.3 Å². The number of fused-ring (bicyclic) bond motifs is 3. The lowest BCUT2D eigenvalue weighted by atomic mass is 9.94. The molecule has 3 aromatic carbocycles. The van der Waals surface area contributed by atoms with Gasteiger partial charge in [-0.2, -0.15) is 9.97 Å². The Labute approximate surface area is 251 Å². The van der Waals surface area contributed by atoms with Crippen LogP contribution in [0.1, 0.15) is 12.8 Å². The van der Waals surface area contributed by atoms with Gasteiger partial charge in [-0.3, -0.25) is 9.69 Å². The number of ether oxygens (including phenoxy) is 1. The molecule has 43 heavy (non-hydrogen) atoms. The Morgan fingerprint density at radius 1 is 1.12 bits per heavy atom. The molecule has 1 aromatic heterocycles. The van der Waals surface area contributed by atoms with Gasteiger partial charge in [0.2, 0.25) is 0 Å². The first kappa shape index (κ1) is 27.9. The Bertz CT molecular complexity index is 1780. The lowest BCUT2D eigenvalue weighted by Crippen LogP contribution is -2.63. The number of likely N-dealkylation sites (tertiary alicyclic amines) is 2. The number of carbonyl (C=O) groups excluding carboxylic acids is 1. The fourth-order valence-corrected chi connectivity index (χ4v) is 7.05. The zero-order chi connectivity index (χ0) is 30.0. The van der Waals surface area contributed by atoms with Gasteiger partial charge in [-0.1, -0.05) is 48.5 Å². The monoisotopic (exact) mass is 607 g/mol. The number of alkyl halides is 1. The van der Waals surface area contributed by atoms with Crippen LogP contribution in [0.5, 0.6) is 6.01 Å². The Morgan fingerprint density at radius 3 is 2.65 bits per heavy atom. The van der Waals surface area contributed by atoms with E-state index < -0.39 is 23.7 Å². The fraction of sp³-hybridized carbons (Fsp3) is 0.344. The van der Waals surface area contributed by atoms with Crippen LogP contribution in [0, 0.1) is 5.82 Å². The molecule has 7 rings (SSSR count). The van der Waals surface area contributed by atoms with E-state index in [1.165, 1.54) is 11.0 Å². The summed E-state index contributed by atoms with van der Waals surface area (Å²) in [6, 6.07) is 13.9. The molecule has 11 heteroatoms. The van der Waals surface area contributed by atoms with Crippen molar-refractivity contribution in [1.29, 1.82) is 0 Å². The quantitative estimate of drug-likeness (QED) is 0.253. The Morgan fingerprint density at radius 2 is 1.91 bits per heavy atom. The van der Waals surface area contributed by atoms with Crippen LogP contribution in [-0.2, 0) is 4.79 Å². The molecule has 3 fully saturated rings. The summed E-state index contributed by atoms with van der Waals surface area (Å²) in [6.45, 7) is 4.48. The number of halogens is 4. The number of likely N-dealkylation sites (N-methyl/N-ethyl adjacent to an activating group) is 1. The number of anilines is 1. The molecule has 0 saturated carbocycles. The second-order valence-corrected chi connectivity index (χ2v) is 11.9. The summed E-state index contributed by atoms with van der Waals surface area (Å²) in [5.74, 6) is -1.69. The van der Waals surface area contributed by atoms with Gasteiger partial charge in [0.15, 0.2) is 5.83 Å². The lowest BCUT2D eigenvalue weighted by molar-refractivity contribution is -0.130. The average molecular weight is 608 g/mol. The van der Waals surface area contributed by atoms with Crippen molar-refractivity contribution in [2.45, 2.75) is 37.1 Å². The molecule has 3 aliphatic rings. The summed E-state index contributed by atoms with van der Waals surface area (Å²) in [5.41, 5.74) is 1.43. The van der Waals surface area contributed by atoms with E-state index in [1.807, 2.05) is 47.2 Å². The van der Waals surface area contributed by atoms with E-state index in [0.717, 1.165) is 10.8 Å². The maximum absolute atomic E-state index is 16.0. The Hall–Kier alpha value is -3.89. The number of rotatable bonds is 6. The van der Waals surface area contributed by atoms with Crippen molar-refractivity contribution < 1.29 is 22.7 Å². The van der Waals surface area contributed by atoms with Crippen molar-refractivity contribution in [3.8, 4) is 17.1 Å². The summed E-state index contributed by atoms with van der Waals surface area (Å²) in [6.07, 6.45) is 0.0371. The molecule has 3 aliphatic heterocycles. The molecule has 0 spiro atoms. The smallest absolute Gasteiger partial charge is 0.319 e. The van der Waals surface area contributed by atoms with Gasteiger partial charge in [-0.15, -0.1) is 0 Å². The molecule has 4 aromatic rings. The number of hydrogen-bond acceptors (Lipinski definition) is 6. The summed E-state index contributed by atoms with van der Waals surface area (Å²) in [7, 11) is 1.85. The summed E-state index contributed by atoms with van der Waals surface area (Å²) < 4.78 is 49.7. The van der Waals surface area contributed by atoms with E-state index in [9.17, 15) is 13.6 Å². The van der Waals surface area contributed by atoms with Crippen LogP contribution in [0.3, 0.4) is 0 Å². The van der Waals surface area contributed by atoms with Crippen molar-refractivity contribution in [3.05, 3.63) is 71.8 Å². The summed E-state index contributed by atoms with van der Waals surface area (Å²) in [5, 5.41) is 2.61. The molecule has 4 heterocycles. The number of aromatic nitrogens is 2. The third kappa shape index (κ3) is 4.77. The van der Waals surface area contributed by atoms with E-state index in [-0.39, 0.29) is 30.7 Å². The largest absolute Gasteiger partial charge is 0.462 e. The topological polar surface area (TPSA) is 61.8 Å². The first-order valence-electron chi connectivity index (χ1n) is 14.3. The fourth-order valence-electron chi connectivity index (χ4n) is 6.77. The van der Waals surface area contributed by atoms with Crippen molar-refractivity contribution >= 4 is 45.0 Å². The number of carbonyl (C=O) groups is 1. The predicted molar refractivity (Wildman–Crippen MR) is 160 cm³/mol. The first-order valence-corrected chi connectivity index (χ1v) is 14.7. The average Bonchev–Trinajstić information content (AvgIpc) is 3.47. The minimum absolute atomic E-state index is 0.0956. The van der Waals surface area contributed by atoms with E-state index in [0.29, 0.717) is 65.3 Å². The Balaban J connectivity index is 1.30. The van der Waals surface area contributed by atoms with Gasteiger partial charge in [0.1, 0.15) is 24.4 Å². The highest BCUT2D eigenvalue weighted by Crippen LogP contribution is 2.42. The molecule has 0 N–H and O–H groups in total. The summed E-state index contributed by atoms with van der Waals surface area (Å²) >= 11 is 6.57. The number of nitrogens with zero attached hydrogens (tertiary/aromatic N) is 5. The predicted octanol–water partition coefficient (Wildman–Crippen LogP) is 5.94. The molecular formula is C32H29ClF3N5O2. The number of hydrogen-bond donors (Lipinski definition) is 0. The zero-order valence-corrected chi connectivity index (χ0v) is 24.2. The molecule has 4 atom stereocenters. The molecule has 1 amide bonds. The highest BCUT2D eigenvalue weighted by Gasteiger charge is 2.50. The van der Waals surface area contributed by atoms with E-state index in [1.54, 1.807) is 12.1 Å². The SMILES string of the molecule is C=C(F)C(=O)N1CCC2[C@H]1CN2c1nc(OC[C@@H]2C[C@@H](F)CN2C)nc2cc(-c3cccc4cccc(Cl)c34)c(F)cc12. The van der Waals surface area contributed by atoms with Gasteiger partial charge in [0, 0.05) is 47.0 Å². The van der Waals surface area contributed by atoms with Gasteiger partial charge in [0.05, 0.1) is 17.6 Å². The standard InChI is InChI=1S/C32H29ClF3N5O2/c1-17(34)31(42)40-10-9-27-28(40)15-41(27)30-23-12-25(36)22(21-7-3-5-18-6-4-8-24(33)29(18)21)13-26(23)37-32(38-30)43-16-20-11-19(35)14-39(20)2/h3-8,12-13,19-20,27-28H,1,9-11,14-16H2,2H3/t19-,20+,27?,28-/m1/s1.